The highest BCUT2D eigenvalue weighted by atomic mass is 32.2. The number of carboxylic acids is 1. The Balaban J connectivity index is 0.000000815. The molecule has 14 nitrogen and oxygen atoms in total. The van der Waals surface area contributed by atoms with Crippen LogP contribution in [0.15, 0.2) is 66.7 Å². The molecule has 0 saturated heterocycles. The van der Waals surface area contributed by atoms with E-state index in [1.807, 2.05) is 37.3 Å². The van der Waals surface area contributed by atoms with Gasteiger partial charge in [0, 0.05) is 17.6 Å². The summed E-state index contributed by atoms with van der Waals surface area (Å²) in [7, 11) is -3.77. The Bertz CT molecular complexity index is 2280. The van der Waals surface area contributed by atoms with Gasteiger partial charge in [0.2, 0.25) is 11.8 Å². The van der Waals surface area contributed by atoms with Crippen molar-refractivity contribution in [3.63, 3.8) is 0 Å². The van der Waals surface area contributed by atoms with Gasteiger partial charge in [-0.3, -0.25) is 14.4 Å². The summed E-state index contributed by atoms with van der Waals surface area (Å²) in [6.45, 7) is 3.09. The van der Waals surface area contributed by atoms with Gasteiger partial charge in [-0.05, 0) is 42.8 Å². The van der Waals surface area contributed by atoms with Crippen molar-refractivity contribution in [1.29, 1.82) is 10.5 Å². The fourth-order valence-corrected chi connectivity index (χ4v) is 5.95. The molecule has 2 N–H and O–H groups in total. The van der Waals surface area contributed by atoms with Crippen LogP contribution in [0.2, 0.25) is 0 Å². The number of fused-ring (bicyclic) bond motifs is 2. The third kappa shape index (κ3) is 9.16. The lowest BCUT2D eigenvalue weighted by molar-refractivity contribution is -0.192. The third-order valence-corrected chi connectivity index (χ3v) is 8.92. The number of rotatable bonds is 8. The lowest BCUT2D eigenvalue weighted by atomic mass is 10.1. The van der Waals surface area contributed by atoms with Crippen LogP contribution in [0, 0.1) is 28.6 Å². The molecule has 1 aliphatic heterocycles. The van der Waals surface area contributed by atoms with Crippen molar-refractivity contribution < 1.29 is 45.9 Å². The van der Waals surface area contributed by atoms with Crippen molar-refractivity contribution in [2.75, 3.05) is 28.4 Å². The first-order valence-corrected chi connectivity index (χ1v) is 17.9. The van der Waals surface area contributed by atoms with Gasteiger partial charge in [-0.25, -0.2) is 17.9 Å². The number of anilines is 2. The number of sulfone groups is 1. The minimum atomic E-state index is -5.08. The number of benzene rings is 3. The average Bonchev–Trinajstić information content (AvgIpc) is 3.43. The van der Waals surface area contributed by atoms with Crippen molar-refractivity contribution in [2.45, 2.75) is 39.0 Å². The van der Waals surface area contributed by atoms with Crippen molar-refractivity contribution in [2.24, 2.45) is 5.92 Å². The summed E-state index contributed by atoms with van der Waals surface area (Å²) < 4.78 is 57.7. The van der Waals surface area contributed by atoms with Gasteiger partial charge < -0.3 is 20.2 Å². The topological polar surface area (TPSA) is 207 Å². The van der Waals surface area contributed by atoms with E-state index in [4.69, 9.17) is 15.0 Å². The van der Waals surface area contributed by atoms with Gasteiger partial charge in [0.15, 0.2) is 9.84 Å². The Morgan fingerprint density at radius 1 is 1.02 bits per heavy atom. The molecule has 0 saturated carbocycles. The summed E-state index contributed by atoms with van der Waals surface area (Å²) >= 11 is 0. The number of nitriles is 2. The highest BCUT2D eigenvalue weighted by Crippen LogP contribution is 2.36. The number of amides is 3. The lowest BCUT2D eigenvalue weighted by Gasteiger charge is -2.25. The van der Waals surface area contributed by atoms with E-state index in [0.29, 0.717) is 34.3 Å². The van der Waals surface area contributed by atoms with Gasteiger partial charge in [0.25, 0.3) is 5.91 Å². The largest absolute Gasteiger partial charge is 0.490 e. The summed E-state index contributed by atoms with van der Waals surface area (Å²) in [4.78, 5) is 52.4. The maximum absolute atomic E-state index is 14.4. The number of carboxylic acid groups (broad SMARTS) is 1. The number of hydrogen-bond donors (Lipinski definition) is 2. The van der Waals surface area contributed by atoms with Crippen molar-refractivity contribution in [1.82, 2.24) is 15.1 Å². The molecule has 0 fully saturated rings. The molecule has 3 amide bonds. The molecule has 3 aromatic carbocycles. The minimum Gasteiger partial charge on any atom is -0.475 e. The standard InChI is InChI=1S/C33H31N7O5S.C2HF3O2/c1-4-21(2)32(42)36-26-19-38(31(41)20-46(3,44)45)30-15-22(16-34)13-14-29(30)39(33(26)43)18-25-24-10-6-8-12-28(24)40(37-25)27-11-7-5-9-23(27)17-35;3-2(4,5)1(6)7/h5-15,21,26H,4,18-20H2,1-3H3,(H,36,42);(H,6,7)/t21-,26+;/m1./s1. The fraction of sp³-hybridized carbons (Fsp3) is 0.286. The fourth-order valence-electron chi connectivity index (χ4n) is 5.35. The first-order chi connectivity index (χ1) is 24.9. The minimum absolute atomic E-state index is 0.107. The number of halogens is 3. The molecule has 5 rings (SSSR count). The van der Waals surface area contributed by atoms with Crippen LogP contribution in [0.1, 0.15) is 37.1 Å². The molecule has 18 heteroatoms. The zero-order chi connectivity index (χ0) is 39.2. The number of para-hydroxylation sites is 2. The molecule has 2 heterocycles. The molecule has 0 bridgehead atoms. The molecule has 276 valence electrons. The van der Waals surface area contributed by atoms with Crippen LogP contribution in [0.5, 0.6) is 0 Å². The first kappa shape index (κ1) is 39.5. The molecule has 0 aliphatic carbocycles. The van der Waals surface area contributed by atoms with Gasteiger partial charge in [-0.1, -0.05) is 44.2 Å². The molecular weight excluding hydrogens is 719 g/mol. The second-order valence-electron chi connectivity index (χ2n) is 12.0. The van der Waals surface area contributed by atoms with Crippen LogP contribution in [0.4, 0.5) is 24.5 Å². The predicted molar refractivity (Wildman–Crippen MR) is 185 cm³/mol. The molecule has 0 spiro atoms. The lowest BCUT2D eigenvalue weighted by Crippen LogP contribution is -2.54. The van der Waals surface area contributed by atoms with Crippen LogP contribution in [-0.2, 0) is 35.6 Å². The number of aliphatic carboxylic acids is 1. The highest BCUT2D eigenvalue weighted by molar-refractivity contribution is 7.91. The zero-order valence-corrected chi connectivity index (χ0v) is 29.3. The Kier molecular flexibility index (Phi) is 11.9. The zero-order valence-electron chi connectivity index (χ0n) is 28.5. The van der Waals surface area contributed by atoms with E-state index < -0.39 is 57.4 Å². The van der Waals surface area contributed by atoms with E-state index in [1.54, 1.807) is 35.9 Å². The Morgan fingerprint density at radius 3 is 2.26 bits per heavy atom. The van der Waals surface area contributed by atoms with Gasteiger partial charge in [-0.2, -0.15) is 28.8 Å². The van der Waals surface area contributed by atoms with Crippen molar-refractivity contribution >= 4 is 55.8 Å². The average molecular weight is 752 g/mol. The monoisotopic (exact) mass is 751 g/mol. The summed E-state index contributed by atoms with van der Waals surface area (Å²) in [6.07, 6.45) is -3.65. The van der Waals surface area contributed by atoms with Crippen LogP contribution in [0.3, 0.4) is 0 Å². The summed E-state index contributed by atoms with van der Waals surface area (Å²) in [5.74, 6) is -5.78. The Morgan fingerprint density at radius 2 is 1.66 bits per heavy atom. The second kappa shape index (κ2) is 16.0. The molecule has 1 aromatic heterocycles. The normalized spacial score (nSPS) is 14.9. The number of carbonyl (C=O) groups excluding carboxylic acids is 3. The smallest absolute Gasteiger partial charge is 0.475 e. The maximum atomic E-state index is 14.4. The number of nitrogens with zero attached hydrogens (tertiary/aromatic N) is 6. The SMILES string of the molecule is CC[C@@H](C)C(=O)N[C@H]1CN(C(=O)CS(C)(=O)=O)c2cc(C#N)ccc2N(Cc2nn(-c3ccccc3C#N)c3ccccc23)C1=O.O=C(O)C(F)(F)F. The molecule has 4 aromatic rings. The summed E-state index contributed by atoms with van der Waals surface area (Å²) in [5.41, 5.74) is 2.68. The molecule has 53 heavy (non-hydrogen) atoms. The maximum Gasteiger partial charge on any atom is 0.490 e. The van der Waals surface area contributed by atoms with Crippen molar-refractivity contribution in [3.8, 4) is 17.8 Å². The second-order valence-corrected chi connectivity index (χ2v) is 14.1. The van der Waals surface area contributed by atoms with E-state index >= 15 is 0 Å². The number of alkyl halides is 3. The van der Waals surface area contributed by atoms with E-state index in [0.717, 1.165) is 11.2 Å². The van der Waals surface area contributed by atoms with E-state index in [2.05, 4.69) is 11.4 Å². The quantitative estimate of drug-likeness (QED) is 0.266. The molecule has 0 unspecified atom stereocenters. The van der Waals surface area contributed by atoms with Gasteiger partial charge in [-0.15, -0.1) is 0 Å². The Labute approximate surface area is 301 Å². The van der Waals surface area contributed by atoms with Gasteiger partial charge in [0.1, 0.15) is 17.9 Å². The van der Waals surface area contributed by atoms with Gasteiger partial charge >= 0.3 is 12.1 Å². The van der Waals surface area contributed by atoms with Crippen LogP contribution >= 0.6 is 0 Å². The van der Waals surface area contributed by atoms with Crippen LogP contribution < -0.4 is 15.1 Å². The van der Waals surface area contributed by atoms with E-state index in [-0.39, 0.29) is 30.0 Å². The molecule has 0 radical (unpaired) electrons. The van der Waals surface area contributed by atoms with Crippen LogP contribution in [0.25, 0.3) is 16.6 Å². The number of carbonyl (C=O) groups is 4. The molecule has 1 aliphatic rings. The van der Waals surface area contributed by atoms with Crippen LogP contribution in [-0.4, -0.2) is 77.8 Å². The highest BCUT2D eigenvalue weighted by Gasteiger charge is 2.39. The number of aromatic nitrogens is 2. The predicted octanol–water partition coefficient (Wildman–Crippen LogP) is 3.86. The summed E-state index contributed by atoms with van der Waals surface area (Å²) in [6, 6.07) is 21.8. The van der Waals surface area contributed by atoms with E-state index in [9.17, 15) is 46.5 Å². The first-order valence-electron chi connectivity index (χ1n) is 15.8. The summed E-state index contributed by atoms with van der Waals surface area (Å²) in [5, 5.41) is 34.9. The molecular formula is C35H32F3N7O7S. The Hall–Kier alpha value is -6.27. The molecule has 2 atom stereocenters. The number of hydrogen-bond acceptors (Lipinski definition) is 9. The van der Waals surface area contributed by atoms with E-state index in [1.165, 1.54) is 23.1 Å². The number of nitrogens with one attached hydrogen (secondary N) is 1. The van der Waals surface area contributed by atoms with Gasteiger partial charge in [0.05, 0.1) is 58.6 Å². The van der Waals surface area contributed by atoms with Crippen molar-refractivity contribution in [3.05, 3.63) is 83.6 Å². The third-order valence-electron chi connectivity index (χ3n) is 8.15.